The van der Waals surface area contributed by atoms with Crippen LogP contribution < -0.4 is 20.1 Å². The quantitative estimate of drug-likeness (QED) is 0.136. The van der Waals surface area contributed by atoms with Crippen LogP contribution in [0.5, 0.6) is 0 Å². The van der Waals surface area contributed by atoms with Gasteiger partial charge in [0.2, 0.25) is 0 Å². The van der Waals surface area contributed by atoms with Crippen LogP contribution >= 0.6 is 0 Å². The van der Waals surface area contributed by atoms with Crippen LogP contribution in [0.4, 0.5) is 11.5 Å². The van der Waals surface area contributed by atoms with E-state index in [0.717, 1.165) is 29.7 Å². The fraction of sp³-hybridized carbons (Fsp3) is 0.310. The Morgan fingerprint density at radius 2 is 1.79 bits per heavy atom. The third kappa shape index (κ3) is 9.01. The zero-order chi connectivity index (χ0) is 30.2. The van der Waals surface area contributed by atoms with Crippen LogP contribution in [0.25, 0.3) is 10.9 Å². The molecule has 4 aromatic rings. The predicted octanol–water partition coefficient (Wildman–Crippen LogP) is 3.32. The van der Waals surface area contributed by atoms with Crippen molar-refractivity contribution in [2.45, 2.75) is 45.4 Å². The Hall–Kier alpha value is -4.49. The minimum absolute atomic E-state index is 0.315. The zero-order valence-corrected chi connectivity index (χ0v) is 24.5. The standard InChI is InChI=1S/C29H35N7O5S/c1-29(2,3)41-28(38)24(35-42(39,40)34-23-10-5-4-6-11-23)20-32-27(37)21-13-14-25-22(18-21)19-33-36(25)17-9-16-31-26-12-7-8-15-30-26/h4-8,10-15,18-19,24,34-35H,9,16-17,20H2,1-3H3,(H,30,31)(H,32,37)/t24-/m0/s1. The lowest BCUT2D eigenvalue weighted by atomic mass is 10.1. The number of fused-ring (bicyclic) bond motifs is 1. The van der Waals surface area contributed by atoms with E-state index in [1.54, 1.807) is 81.7 Å². The van der Waals surface area contributed by atoms with Crippen molar-refractivity contribution in [2.24, 2.45) is 0 Å². The van der Waals surface area contributed by atoms with Crippen molar-refractivity contribution in [3.8, 4) is 0 Å². The van der Waals surface area contributed by atoms with E-state index in [0.29, 0.717) is 17.8 Å². The zero-order valence-electron chi connectivity index (χ0n) is 23.7. The van der Waals surface area contributed by atoms with E-state index in [1.165, 1.54) is 0 Å². The lowest BCUT2D eigenvalue weighted by Gasteiger charge is -2.25. The Morgan fingerprint density at radius 3 is 2.50 bits per heavy atom. The molecule has 2 heterocycles. The van der Waals surface area contributed by atoms with Crippen molar-refractivity contribution in [3.05, 3.63) is 84.7 Å². The van der Waals surface area contributed by atoms with E-state index in [4.69, 9.17) is 4.74 Å². The van der Waals surface area contributed by atoms with Crippen LogP contribution in [0.3, 0.4) is 0 Å². The molecule has 222 valence electrons. The lowest BCUT2D eigenvalue weighted by molar-refractivity contribution is -0.156. The summed E-state index contributed by atoms with van der Waals surface area (Å²) in [6.45, 7) is 6.08. The molecular formula is C29H35N7O5S. The highest BCUT2D eigenvalue weighted by molar-refractivity contribution is 7.90. The molecule has 42 heavy (non-hydrogen) atoms. The van der Waals surface area contributed by atoms with Gasteiger partial charge in [-0.25, -0.2) is 4.98 Å². The number of hydrogen-bond acceptors (Lipinski definition) is 8. The second-order valence-electron chi connectivity index (χ2n) is 10.5. The molecule has 2 aromatic carbocycles. The largest absolute Gasteiger partial charge is 0.459 e. The number of para-hydroxylation sites is 1. The molecule has 0 aliphatic carbocycles. The topological polar surface area (TPSA) is 156 Å². The third-order valence-electron chi connectivity index (χ3n) is 5.90. The normalized spacial score (nSPS) is 12.5. The molecule has 2 aromatic heterocycles. The number of pyridine rings is 1. The van der Waals surface area contributed by atoms with Crippen LogP contribution in [0.15, 0.2) is 79.1 Å². The molecule has 4 rings (SSSR count). The number of aromatic nitrogens is 3. The molecule has 0 fully saturated rings. The van der Waals surface area contributed by atoms with Gasteiger partial charge in [0.15, 0.2) is 0 Å². The second kappa shape index (κ2) is 13.4. The van der Waals surface area contributed by atoms with Gasteiger partial charge in [0, 0.05) is 42.5 Å². The Morgan fingerprint density at radius 1 is 1.02 bits per heavy atom. The molecule has 1 atom stereocenters. The van der Waals surface area contributed by atoms with Crippen molar-refractivity contribution in [1.82, 2.24) is 24.8 Å². The van der Waals surface area contributed by atoms with E-state index in [9.17, 15) is 18.0 Å². The van der Waals surface area contributed by atoms with E-state index < -0.39 is 33.7 Å². The molecule has 13 heteroatoms. The number of carbonyl (C=O) groups excluding carboxylic acids is 2. The summed E-state index contributed by atoms with van der Waals surface area (Å²) in [5.74, 6) is -0.490. The third-order valence-corrected chi connectivity index (χ3v) is 7.00. The summed E-state index contributed by atoms with van der Waals surface area (Å²) < 4.78 is 37.4. The first-order chi connectivity index (χ1) is 20.0. The Labute approximate surface area is 245 Å². The minimum Gasteiger partial charge on any atom is -0.459 e. The summed E-state index contributed by atoms with van der Waals surface area (Å²) >= 11 is 0. The van der Waals surface area contributed by atoms with Crippen LogP contribution in [-0.2, 0) is 26.3 Å². The molecule has 0 spiro atoms. The molecule has 0 radical (unpaired) electrons. The summed E-state index contributed by atoms with van der Waals surface area (Å²) in [5, 5.41) is 11.1. The number of ether oxygens (including phenoxy) is 1. The van der Waals surface area contributed by atoms with Gasteiger partial charge in [0.05, 0.1) is 11.7 Å². The molecule has 0 saturated carbocycles. The average Bonchev–Trinajstić information content (AvgIpc) is 3.35. The van der Waals surface area contributed by atoms with Crippen molar-refractivity contribution < 1.29 is 22.7 Å². The summed E-state index contributed by atoms with van der Waals surface area (Å²) in [6.07, 6.45) is 4.23. The van der Waals surface area contributed by atoms with Gasteiger partial charge in [-0.1, -0.05) is 24.3 Å². The molecule has 0 aliphatic heterocycles. The van der Waals surface area contributed by atoms with Gasteiger partial charge in [-0.15, -0.1) is 0 Å². The van der Waals surface area contributed by atoms with E-state index in [-0.39, 0.29) is 6.54 Å². The van der Waals surface area contributed by atoms with Gasteiger partial charge < -0.3 is 15.4 Å². The monoisotopic (exact) mass is 593 g/mol. The molecule has 0 aliphatic rings. The maximum atomic E-state index is 13.0. The predicted molar refractivity (Wildman–Crippen MR) is 161 cm³/mol. The summed E-state index contributed by atoms with van der Waals surface area (Å²) in [6, 6.07) is 17.7. The van der Waals surface area contributed by atoms with Gasteiger partial charge >= 0.3 is 5.97 Å². The SMILES string of the molecule is CC(C)(C)OC(=O)[C@H](CNC(=O)c1ccc2c(cnn2CCCNc2ccccn2)c1)NS(=O)(=O)Nc1ccccc1. The first-order valence-corrected chi connectivity index (χ1v) is 14.9. The number of aryl methyl sites for hydroxylation is 1. The number of nitrogens with zero attached hydrogens (tertiary/aromatic N) is 3. The molecule has 4 N–H and O–H groups in total. The highest BCUT2D eigenvalue weighted by Crippen LogP contribution is 2.17. The number of anilines is 2. The van der Waals surface area contributed by atoms with Crippen molar-refractivity contribution in [2.75, 3.05) is 23.1 Å². The fourth-order valence-electron chi connectivity index (χ4n) is 4.04. The molecule has 0 saturated heterocycles. The van der Waals surface area contributed by atoms with Crippen molar-refractivity contribution in [3.63, 3.8) is 0 Å². The first-order valence-electron chi connectivity index (χ1n) is 13.5. The number of nitrogens with one attached hydrogen (secondary N) is 4. The second-order valence-corrected chi connectivity index (χ2v) is 12.0. The Bertz CT molecular complexity index is 1600. The smallest absolute Gasteiger partial charge is 0.326 e. The Balaban J connectivity index is 1.38. The van der Waals surface area contributed by atoms with Crippen LogP contribution in [0, 0.1) is 0 Å². The maximum absolute atomic E-state index is 13.0. The van der Waals surface area contributed by atoms with E-state index >= 15 is 0 Å². The summed E-state index contributed by atoms with van der Waals surface area (Å²) in [7, 11) is -4.17. The maximum Gasteiger partial charge on any atom is 0.326 e. The Kier molecular flexibility index (Phi) is 9.76. The summed E-state index contributed by atoms with van der Waals surface area (Å²) in [4.78, 5) is 30.1. The van der Waals surface area contributed by atoms with Gasteiger partial charge in [0.25, 0.3) is 16.1 Å². The minimum atomic E-state index is -4.17. The molecule has 12 nitrogen and oxygen atoms in total. The number of carbonyl (C=O) groups is 2. The molecular weight excluding hydrogens is 558 g/mol. The molecule has 0 bridgehead atoms. The highest BCUT2D eigenvalue weighted by Gasteiger charge is 2.30. The first kappa shape index (κ1) is 30.5. The van der Waals surface area contributed by atoms with Gasteiger partial charge in [-0.3, -0.25) is 19.0 Å². The number of rotatable bonds is 13. The van der Waals surface area contributed by atoms with Gasteiger partial charge in [0.1, 0.15) is 17.5 Å². The van der Waals surface area contributed by atoms with E-state index in [2.05, 4.69) is 30.2 Å². The van der Waals surface area contributed by atoms with Crippen molar-refractivity contribution >= 4 is 44.5 Å². The number of benzene rings is 2. The van der Waals surface area contributed by atoms with Gasteiger partial charge in [-0.2, -0.15) is 18.2 Å². The highest BCUT2D eigenvalue weighted by atomic mass is 32.2. The number of hydrogen-bond donors (Lipinski definition) is 4. The van der Waals surface area contributed by atoms with Crippen LogP contribution in [-0.4, -0.2) is 59.8 Å². The lowest BCUT2D eigenvalue weighted by Crippen LogP contribution is -2.51. The van der Waals surface area contributed by atoms with Crippen LogP contribution in [0.2, 0.25) is 0 Å². The van der Waals surface area contributed by atoms with Crippen molar-refractivity contribution in [1.29, 1.82) is 0 Å². The fourth-order valence-corrected chi connectivity index (χ4v) is 5.10. The van der Waals surface area contributed by atoms with Gasteiger partial charge in [-0.05, 0) is 69.7 Å². The molecule has 1 amide bonds. The number of esters is 1. The molecule has 0 unspecified atom stereocenters. The number of amides is 1. The average molecular weight is 594 g/mol. The van der Waals surface area contributed by atoms with E-state index in [1.807, 2.05) is 22.9 Å². The summed E-state index contributed by atoms with van der Waals surface area (Å²) in [5.41, 5.74) is 0.662. The van der Waals surface area contributed by atoms with Crippen LogP contribution in [0.1, 0.15) is 37.6 Å².